The van der Waals surface area contributed by atoms with E-state index in [1.807, 2.05) is 0 Å². The first-order valence-corrected chi connectivity index (χ1v) is 5.93. The number of fused-ring (bicyclic) bond motifs is 1. The summed E-state index contributed by atoms with van der Waals surface area (Å²) >= 11 is 0. The molecule has 0 saturated heterocycles. The minimum Gasteiger partial charge on any atom is -0.258 e. The predicted molar refractivity (Wildman–Crippen MR) is 71.7 cm³/mol. The van der Waals surface area contributed by atoms with E-state index < -0.39 is 4.92 Å². The van der Waals surface area contributed by atoms with E-state index in [1.165, 1.54) is 21.2 Å². The summed E-state index contributed by atoms with van der Waals surface area (Å²) in [4.78, 5) is 22.2. The van der Waals surface area contributed by atoms with Crippen LogP contribution in [0.2, 0.25) is 0 Å². The Morgan fingerprint density at radius 3 is 2.55 bits per heavy atom. The second-order valence-corrected chi connectivity index (χ2v) is 4.29. The number of benzene rings is 1. The van der Waals surface area contributed by atoms with Crippen molar-refractivity contribution in [1.29, 1.82) is 0 Å². The van der Waals surface area contributed by atoms with Crippen molar-refractivity contribution in [3.63, 3.8) is 0 Å². The fraction of sp³-hybridized carbons (Fsp3) is 0.0769. The molecular formula is C13H10N4O3. The molecule has 0 spiro atoms. The van der Waals surface area contributed by atoms with E-state index in [0.29, 0.717) is 5.65 Å². The molecular weight excluding hydrogens is 260 g/mol. The molecule has 0 radical (unpaired) electrons. The van der Waals surface area contributed by atoms with Gasteiger partial charge in [-0.2, -0.15) is 0 Å². The number of nitro groups is 1. The van der Waals surface area contributed by atoms with Crippen LogP contribution in [-0.2, 0) is 6.54 Å². The van der Waals surface area contributed by atoms with Crippen molar-refractivity contribution in [1.82, 2.24) is 14.2 Å². The Morgan fingerprint density at radius 1 is 1.15 bits per heavy atom. The third-order valence-corrected chi connectivity index (χ3v) is 2.97. The molecule has 0 aliphatic heterocycles. The molecule has 7 heteroatoms. The lowest BCUT2D eigenvalue weighted by molar-refractivity contribution is -0.384. The number of aromatic nitrogens is 3. The molecule has 0 N–H and O–H groups in total. The third kappa shape index (κ3) is 2.05. The van der Waals surface area contributed by atoms with Gasteiger partial charge in [-0.3, -0.25) is 14.5 Å². The molecule has 1 aromatic carbocycles. The highest BCUT2D eigenvalue weighted by Gasteiger charge is 2.08. The molecule has 2 aromatic heterocycles. The quantitative estimate of drug-likeness (QED) is 0.532. The summed E-state index contributed by atoms with van der Waals surface area (Å²) in [5.74, 6) is 0. The Morgan fingerprint density at radius 2 is 1.90 bits per heavy atom. The molecule has 0 amide bonds. The maximum atomic E-state index is 12.1. The van der Waals surface area contributed by atoms with Crippen molar-refractivity contribution in [2.45, 2.75) is 6.54 Å². The fourth-order valence-corrected chi connectivity index (χ4v) is 1.97. The van der Waals surface area contributed by atoms with Gasteiger partial charge in [0.25, 0.3) is 5.69 Å². The number of nitro benzene ring substituents is 1. The number of non-ortho nitro benzene ring substituents is 1. The van der Waals surface area contributed by atoms with Crippen molar-refractivity contribution in [2.24, 2.45) is 0 Å². The lowest BCUT2D eigenvalue weighted by atomic mass is 10.2. The highest BCUT2D eigenvalue weighted by molar-refractivity contribution is 5.36. The summed E-state index contributed by atoms with van der Waals surface area (Å²) in [7, 11) is 0. The summed E-state index contributed by atoms with van der Waals surface area (Å²) in [6, 6.07) is 11.4. The standard InChI is InChI=1S/C13H10N4O3/c18-13-15-8-2-1-3-12(15)14-16(13)9-10-4-6-11(7-5-10)17(19)20/h1-8H,9H2. The SMILES string of the molecule is O=c1n(Cc2ccc([N+](=O)[O-])cc2)nc2ccccn12. The van der Waals surface area contributed by atoms with Gasteiger partial charge in [0.15, 0.2) is 5.65 Å². The van der Waals surface area contributed by atoms with Gasteiger partial charge in [0, 0.05) is 18.3 Å². The third-order valence-electron chi connectivity index (χ3n) is 2.97. The Bertz CT molecular complexity index is 833. The van der Waals surface area contributed by atoms with E-state index in [-0.39, 0.29) is 17.9 Å². The minimum atomic E-state index is -0.457. The van der Waals surface area contributed by atoms with Crippen molar-refractivity contribution >= 4 is 11.3 Å². The van der Waals surface area contributed by atoms with Crippen LogP contribution in [0.3, 0.4) is 0 Å². The number of pyridine rings is 1. The summed E-state index contributed by atoms with van der Waals surface area (Å²) in [5, 5.41) is 14.8. The van der Waals surface area contributed by atoms with E-state index in [0.717, 1.165) is 5.56 Å². The average Bonchev–Trinajstić information content (AvgIpc) is 2.77. The lowest BCUT2D eigenvalue weighted by Gasteiger charge is -1.99. The second-order valence-electron chi connectivity index (χ2n) is 4.29. The molecule has 3 rings (SSSR count). The van der Waals surface area contributed by atoms with Gasteiger partial charge in [0.2, 0.25) is 0 Å². The zero-order valence-corrected chi connectivity index (χ0v) is 10.3. The van der Waals surface area contributed by atoms with Crippen LogP contribution >= 0.6 is 0 Å². The van der Waals surface area contributed by atoms with E-state index in [4.69, 9.17) is 0 Å². The van der Waals surface area contributed by atoms with Gasteiger partial charge >= 0.3 is 5.69 Å². The van der Waals surface area contributed by atoms with E-state index in [9.17, 15) is 14.9 Å². The molecule has 3 aromatic rings. The largest absolute Gasteiger partial charge is 0.350 e. The van der Waals surface area contributed by atoms with Crippen LogP contribution in [0, 0.1) is 10.1 Å². The van der Waals surface area contributed by atoms with Crippen LogP contribution < -0.4 is 5.69 Å². The smallest absolute Gasteiger partial charge is 0.258 e. The number of rotatable bonds is 3. The average molecular weight is 270 g/mol. The van der Waals surface area contributed by atoms with E-state index in [2.05, 4.69) is 5.10 Å². The summed E-state index contributed by atoms with van der Waals surface area (Å²) in [5.41, 5.74) is 1.13. The van der Waals surface area contributed by atoms with Crippen molar-refractivity contribution in [3.8, 4) is 0 Å². The van der Waals surface area contributed by atoms with Crippen molar-refractivity contribution < 1.29 is 4.92 Å². The Balaban J connectivity index is 1.95. The van der Waals surface area contributed by atoms with Crippen molar-refractivity contribution in [3.05, 3.63) is 74.8 Å². The normalized spacial score (nSPS) is 10.8. The van der Waals surface area contributed by atoms with Crippen LogP contribution in [0.4, 0.5) is 5.69 Å². The van der Waals surface area contributed by atoms with E-state index >= 15 is 0 Å². The van der Waals surface area contributed by atoms with Gasteiger partial charge in [-0.15, -0.1) is 5.10 Å². The molecule has 20 heavy (non-hydrogen) atoms. The maximum absolute atomic E-state index is 12.1. The van der Waals surface area contributed by atoms with Gasteiger partial charge in [-0.1, -0.05) is 18.2 Å². The fourth-order valence-electron chi connectivity index (χ4n) is 1.97. The van der Waals surface area contributed by atoms with Gasteiger partial charge in [-0.25, -0.2) is 9.48 Å². The molecule has 7 nitrogen and oxygen atoms in total. The molecule has 0 fully saturated rings. The van der Waals surface area contributed by atoms with Crippen LogP contribution in [0.25, 0.3) is 5.65 Å². The van der Waals surface area contributed by atoms with Crippen LogP contribution in [0.15, 0.2) is 53.5 Å². The number of nitrogens with zero attached hydrogens (tertiary/aromatic N) is 4. The molecule has 0 aliphatic rings. The first-order chi connectivity index (χ1) is 9.65. The number of hydrogen-bond donors (Lipinski definition) is 0. The number of hydrogen-bond acceptors (Lipinski definition) is 4. The predicted octanol–water partition coefficient (Wildman–Crippen LogP) is 1.45. The maximum Gasteiger partial charge on any atom is 0.350 e. The monoisotopic (exact) mass is 270 g/mol. The van der Waals surface area contributed by atoms with Gasteiger partial charge < -0.3 is 0 Å². The van der Waals surface area contributed by atoms with Crippen molar-refractivity contribution in [2.75, 3.05) is 0 Å². The van der Waals surface area contributed by atoms with Gasteiger partial charge in [0.05, 0.1) is 11.5 Å². The molecule has 0 unspecified atom stereocenters. The highest BCUT2D eigenvalue weighted by atomic mass is 16.6. The van der Waals surface area contributed by atoms with E-state index in [1.54, 1.807) is 36.5 Å². The molecule has 0 atom stereocenters. The van der Waals surface area contributed by atoms with Gasteiger partial charge in [0.1, 0.15) is 0 Å². The second kappa shape index (κ2) is 4.61. The molecule has 0 aliphatic carbocycles. The summed E-state index contributed by atoms with van der Waals surface area (Å²) in [6.07, 6.45) is 1.65. The summed E-state index contributed by atoms with van der Waals surface area (Å²) in [6.45, 7) is 0.276. The zero-order chi connectivity index (χ0) is 14.1. The van der Waals surface area contributed by atoms with Crippen LogP contribution in [-0.4, -0.2) is 19.1 Å². The topological polar surface area (TPSA) is 82.4 Å². The Hall–Kier alpha value is -2.96. The minimum absolute atomic E-state index is 0.0242. The van der Waals surface area contributed by atoms with Crippen LogP contribution in [0.5, 0.6) is 0 Å². The molecule has 2 heterocycles. The highest BCUT2D eigenvalue weighted by Crippen LogP contribution is 2.12. The van der Waals surface area contributed by atoms with Gasteiger partial charge in [-0.05, 0) is 17.7 Å². The summed E-state index contributed by atoms with van der Waals surface area (Å²) < 4.78 is 2.78. The first-order valence-electron chi connectivity index (χ1n) is 5.93. The zero-order valence-electron chi connectivity index (χ0n) is 10.3. The Labute approximate surface area is 112 Å². The first kappa shape index (κ1) is 12.1. The molecule has 0 bridgehead atoms. The Kier molecular flexibility index (Phi) is 2.79. The lowest BCUT2D eigenvalue weighted by Crippen LogP contribution is -2.21. The molecule has 0 saturated carbocycles. The molecule has 100 valence electrons. The van der Waals surface area contributed by atoms with Crippen LogP contribution in [0.1, 0.15) is 5.56 Å².